The van der Waals surface area contributed by atoms with Crippen molar-refractivity contribution < 1.29 is 5.11 Å². The molecule has 15 heavy (non-hydrogen) atoms. The molecule has 5 nitrogen and oxygen atoms in total. The third-order valence-corrected chi connectivity index (χ3v) is 2.81. The zero-order chi connectivity index (χ0) is 10.8. The zero-order valence-electron chi connectivity index (χ0n) is 8.80. The van der Waals surface area contributed by atoms with Gasteiger partial charge >= 0.3 is 0 Å². The number of aromatic nitrogens is 2. The highest BCUT2D eigenvalue weighted by Crippen LogP contribution is 2.28. The van der Waals surface area contributed by atoms with E-state index < -0.39 is 0 Å². The summed E-state index contributed by atoms with van der Waals surface area (Å²) in [5, 5.41) is 9.18. The summed E-state index contributed by atoms with van der Waals surface area (Å²) in [7, 11) is 1.98. The Hall–Kier alpha value is -1.36. The van der Waals surface area contributed by atoms with E-state index in [0.717, 1.165) is 25.2 Å². The first-order valence-corrected chi connectivity index (χ1v) is 5.12. The predicted octanol–water partition coefficient (Wildman–Crippen LogP) is 0.266. The Morgan fingerprint density at radius 3 is 2.87 bits per heavy atom. The van der Waals surface area contributed by atoms with Gasteiger partial charge in [-0.15, -0.1) is 0 Å². The topological polar surface area (TPSA) is 75.3 Å². The van der Waals surface area contributed by atoms with Gasteiger partial charge in [-0.05, 0) is 18.8 Å². The van der Waals surface area contributed by atoms with Gasteiger partial charge in [0.15, 0.2) is 0 Å². The summed E-state index contributed by atoms with van der Waals surface area (Å²) in [6, 6.07) is 1.76. The molecule has 1 aliphatic carbocycles. The average molecular weight is 208 g/mol. The lowest BCUT2D eigenvalue weighted by atomic mass is 9.82. The molecule has 0 unspecified atom stereocenters. The van der Waals surface area contributed by atoms with Crippen molar-refractivity contribution in [3.63, 3.8) is 0 Å². The van der Waals surface area contributed by atoms with E-state index in [-0.39, 0.29) is 6.10 Å². The fourth-order valence-corrected chi connectivity index (χ4v) is 1.90. The summed E-state index contributed by atoms with van der Waals surface area (Å²) in [6.07, 6.45) is 3.16. The maximum Gasteiger partial charge on any atom is 0.133 e. The lowest BCUT2D eigenvalue weighted by Crippen LogP contribution is -2.37. The van der Waals surface area contributed by atoms with Gasteiger partial charge in [0.2, 0.25) is 0 Å². The van der Waals surface area contributed by atoms with Gasteiger partial charge in [0.25, 0.3) is 0 Å². The summed E-state index contributed by atoms with van der Waals surface area (Å²) in [6.45, 7) is 0.910. The Kier molecular flexibility index (Phi) is 2.73. The van der Waals surface area contributed by atoms with E-state index in [1.165, 1.54) is 6.33 Å². The molecule has 0 saturated heterocycles. The fraction of sp³-hybridized carbons (Fsp3) is 0.600. The smallest absolute Gasteiger partial charge is 0.133 e. The number of anilines is 2. The van der Waals surface area contributed by atoms with Crippen LogP contribution in [0.3, 0.4) is 0 Å². The molecule has 0 aromatic carbocycles. The molecule has 5 heteroatoms. The Morgan fingerprint density at radius 2 is 2.27 bits per heavy atom. The number of nitrogens with zero attached hydrogens (tertiary/aromatic N) is 3. The van der Waals surface area contributed by atoms with Crippen molar-refractivity contribution in [3.05, 3.63) is 12.4 Å². The molecule has 1 aliphatic rings. The van der Waals surface area contributed by atoms with Crippen molar-refractivity contribution >= 4 is 11.6 Å². The van der Waals surface area contributed by atoms with Gasteiger partial charge in [-0.1, -0.05) is 0 Å². The first-order valence-electron chi connectivity index (χ1n) is 5.12. The summed E-state index contributed by atoms with van der Waals surface area (Å²) in [5.74, 6) is 1.89. The molecule has 0 amide bonds. The molecule has 82 valence electrons. The summed E-state index contributed by atoms with van der Waals surface area (Å²) < 4.78 is 0. The first kappa shape index (κ1) is 10.2. The van der Waals surface area contributed by atoms with E-state index in [2.05, 4.69) is 14.9 Å². The minimum atomic E-state index is -0.0983. The van der Waals surface area contributed by atoms with Gasteiger partial charge in [0, 0.05) is 19.7 Å². The summed E-state index contributed by atoms with van der Waals surface area (Å²) >= 11 is 0. The van der Waals surface area contributed by atoms with Gasteiger partial charge < -0.3 is 15.7 Å². The second-order valence-corrected chi connectivity index (χ2v) is 4.17. The Labute approximate surface area is 88.9 Å². The molecule has 0 bridgehead atoms. The van der Waals surface area contributed by atoms with Crippen molar-refractivity contribution in [2.75, 3.05) is 24.2 Å². The standard InChI is InChI=1S/C10H16N4O/c1-14(5-7-2-8(15)3-7)10-4-9(11)12-6-13-10/h4,6-8,15H,2-3,5H2,1H3,(H2,11,12,13). The second-order valence-electron chi connectivity index (χ2n) is 4.17. The van der Waals surface area contributed by atoms with Crippen LogP contribution < -0.4 is 10.6 Å². The van der Waals surface area contributed by atoms with E-state index in [0.29, 0.717) is 11.7 Å². The molecule has 1 heterocycles. The van der Waals surface area contributed by atoms with Gasteiger partial charge in [0.1, 0.15) is 18.0 Å². The number of hydrogen-bond acceptors (Lipinski definition) is 5. The molecule has 1 fully saturated rings. The molecular weight excluding hydrogens is 192 g/mol. The van der Waals surface area contributed by atoms with Crippen LogP contribution in [-0.2, 0) is 0 Å². The molecule has 0 aliphatic heterocycles. The zero-order valence-corrected chi connectivity index (χ0v) is 8.80. The molecule has 1 saturated carbocycles. The lowest BCUT2D eigenvalue weighted by Gasteiger charge is -2.34. The van der Waals surface area contributed by atoms with Crippen molar-refractivity contribution in [3.8, 4) is 0 Å². The second kappa shape index (κ2) is 4.02. The Morgan fingerprint density at radius 1 is 1.53 bits per heavy atom. The third-order valence-electron chi connectivity index (χ3n) is 2.81. The number of aliphatic hydroxyl groups is 1. The minimum absolute atomic E-state index is 0.0983. The van der Waals surface area contributed by atoms with Crippen LogP contribution >= 0.6 is 0 Å². The molecule has 0 spiro atoms. The van der Waals surface area contributed by atoms with Crippen molar-refractivity contribution in [1.29, 1.82) is 0 Å². The van der Waals surface area contributed by atoms with E-state index in [9.17, 15) is 5.11 Å². The highest BCUT2D eigenvalue weighted by atomic mass is 16.3. The number of nitrogens with two attached hydrogens (primary N) is 1. The Bertz CT molecular complexity index is 338. The molecule has 0 atom stereocenters. The first-order chi connectivity index (χ1) is 7.15. The van der Waals surface area contributed by atoms with Gasteiger partial charge in [-0.25, -0.2) is 9.97 Å². The van der Waals surface area contributed by atoms with Crippen molar-refractivity contribution in [2.24, 2.45) is 5.92 Å². The third kappa shape index (κ3) is 2.36. The number of nitrogen functional groups attached to an aromatic ring is 1. The van der Waals surface area contributed by atoms with Gasteiger partial charge in [-0.2, -0.15) is 0 Å². The van der Waals surface area contributed by atoms with Gasteiger partial charge in [0.05, 0.1) is 6.10 Å². The average Bonchev–Trinajstić information content (AvgIpc) is 2.15. The van der Waals surface area contributed by atoms with E-state index in [1.54, 1.807) is 6.07 Å². The van der Waals surface area contributed by atoms with Crippen LogP contribution in [0.5, 0.6) is 0 Å². The van der Waals surface area contributed by atoms with Crippen LogP contribution in [0.4, 0.5) is 11.6 Å². The van der Waals surface area contributed by atoms with Crippen LogP contribution in [0.15, 0.2) is 12.4 Å². The van der Waals surface area contributed by atoms with Crippen LogP contribution in [0.1, 0.15) is 12.8 Å². The van der Waals surface area contributed by atoms with Crippen LogP contribution in [0.25, 0.3) is 0 Å². The number of aliphatic hydroxyl groups excluding tert-OH is 1. The highest BCUT2D eigenvalue weighted by molar-refractivity contribution is 5.45. The van der Waals surface area contributed by atoms with Crippen LogP contribution in [0, 0.1) is 5.92 Å². The number of hydrogen-bond donors (Lipinski definition) is 2. The minimum Gasteiger partial charge on any atom is -0.393 e. The Balaban J connectivity index is 1.93. The SMILES string of the molecule is CN(CC1CC(O)C1)c1cc(N)ncn1. The molecule has 3 N–H and O–H groups in total. The summed E-state index contributed by atoms with van der Waals surface area (Å²) in [5.41, 5.74) is 5.58. The quantitative estimate of drug-likeness (QED) is 0.745. The predicted molar refractivity (Wildman–Crippen MR) is 58.4 cm³/mol. The fourth-order valence-electron chi connectivity index (χ4n) is 1.90. The van der Waals surface area contributed by atoms with E-state index in [4.69, 9.17) is 5.73 Å². The van der Waals surface area contributed by atoms with Crippen molar-refractivity contribution in [1.82, 2.24) is 9.97 Å². The normalized spacial score (nSPS) is 24.7. The highest BCUT2D eigenvalue weighted by Gasteiger charge is 2.28. The van der Waals surface area contributed by atoms with E-state index >= 15 is 0 Å². The van der Waals surface area contributed by atoms with E-state index in [1.807, 2.05) is 7.05 Å². The monoisotopic (exact) mass is 208 g/mol. The number of rotatable bonds is 3. The molecule has 2 rings (SSSR count). The molecule has 1 aromatic rings. The maximum atomic E-state index is 9.18. The lowest BCUT2D eigenvalue weighted by molar-refractivity contribution is 0.0464. The van der Waals surface area contributed by atoms with Gasteiger partial charge in [-0.3, -0.25) is 0 Å². The van der Waals surface area contributed by atoms with Crippen LogP contribution in [-0.4, -0.2) is 34.8 Å². The maximum absolute atomic E-state index is 9.18. The molecule has 0 radical (unpaired) electrons. The summed E-state index contributed by atoms with van der Waals surface area (Å²) in [4.78, 5) is 10.0. The largest absolute Gasteiger partial charge is 0.393 e. The van der Waals surface area contributed by atoms with Crippen LogP contribution in [0.2, 0.25) is 0 Å². The molecule has 1 aromatic heterocycles. The molecular formula is C10H16N4O. The van der Waals surface area contributed by atoms with Crippen molar-refractivity contribution in [2.45, 2.75) is 18.9 Å².